The van der Waals surface area contributed by atoms with Gasteiger partial charge in [0.1, 0.15) is 11.6 Å². The van der Waals surface area contributed by atoms with Crippen LogP contribution in [0.25, 0.3) is 0 Å². The van der Waals surface area contributed by atoms with Crippen molar-refractivity contribution < 1.29 is 4.79 Å². The number of fused-ring (bicyclic) bond motifs is 1. The second kappa shape index (κ2) is 10.3. The van der Waals surface area contributed by atoms with E-state index in [9.17, 15) is 4.79 Å². The van der Waals surface area contributed by atoms with Gasteiger partial charge in [0.25, 0.3) is 0 Å². The molecule has 1 aromatic carbocycles. The van der Waals surface area contributed by atoms with Crippen LogP contribution in [0.15, 0.2) is 24.3 Å². The zero-order valence-electron chi connectivity index (χ0n) is 19.0. The highest BCUT2D eigenvalue weighted by molar-refractivity contribution is 5.79. The van der Waals surface area contributed by atoms with Crippen LogP contribution in [-0.4, -0.2) is 58.3 Å². The Labute approximate surface area is 185 Å². The number of carbonyl (C=O) groups excluding carboxylic acids is 1. The van der Waals surface area contributed by atoms with Crippen LogP contribution in [0.1, 0.15) is 50.3 Å². The first-order valence-corrected chi connectivity index (χ1v) is 11.9. The summed E-state index contributed by atoms with van der Waals surface area (Å²) in [4.78, 5) is 16.9. The lowest BCUT2D eigenvalue weighted by molar-refractivity contribution is -0.127. The summed E-state index contributed by atoms with van der Waals surface area (Å²) in [5, 5.41) is 11.9. The summed E-state index contributed by atoms with van der Waals surface area (Å²) in [5.41, 5.74) is 2.65. The fourth-order valence-electron chi connectivity index (χ4n) is 4.54. The van der Waals surface area contributed by atoms with Crippen molar-refractivity contribution in [1.82, 2.24) is 25.0 Å². The Kier molecular flexibility index (Phi) is 7.22. The molecule has 2 heterocycles. The lowest BCUT2D eigenvalue weighted by Crippen LogP contribution is -2.35. The average Bonchev–Trinajstić information content (AvgIpc) is 3.01. The van der Waals surface area contributed by atoms with E-state index in [0.717, 1.165) is 76.6 Å². The number of anilines is 1. The largest absolute Gasteiger partial charge is 0.372 e. The summed E-state index contributed by atoms with van der Waals surface area (Å²) < 4.78 is 2.26. The van der Waals surface area contributed by atoms with Gasteiger partial charge in [0, 0.05) is 70.3 Å². The molecule has 1 fully saturated rings. The molecular weight excluding hydrogens is 388 g/mol. The van der Waals surface area contributed by atoms with Crippen molar-refractivity contribution in [2.75, 3.05) is 37.6 Å². The van der Waals surface area contributed by atoms with Crippen LogP contribution in [0, 0.1) is 5.92 Å². The van der Waals surface area contributed by atoms with Crippen LogP contribution >= 0.6 is 0 Å². The van der Waals surface area contributed by atoms with E-state index in [-0.39, 0.29) is 11.8 Å². The van der Waals surface area contributed by atoms with E-state index in [1.807, 2.05) is 0 Å². The Morgan fingerprint density at radius 3 is 2.55 bits per heavy atom. The second-order valence-corrected chi connectivity index (χ2v) is 8.72. The zero-order valence-corrected chi connectivity index (χ0v) is 19.0. The Bertz CT molecular complexity index is 853. The highest BCUT2D eigenvalue weighted by Crippen LogP contribution is 2.26. The molecule has 7 heteroatoms. The number of hydrogen-bond acceptors (Lipinski definition) is 5. The first-order chi connectivity index (χ1) is 15.2. The molecule has 31 heavy (non-hydrogen) atoms. The first kappa shape index (κ1) is 21.8. The Hall–Kier alpha value is -2.41. The molecule has 2 aliphatic rings. The van der Waals surface area contributed by atoms with Crippen molar-refractivity contribution in [2.24, 2.45) is 5.92 Å². The van der Waals surface area contributed by atoms with Crippen molar-refractivity contribution in [3.05, 3.63) is 41.5 Å². The fourth-order valence-corrected chi connectivity index (χ4v) is 4.54. The van der Waals surface area contributed by atoms with E-state index in [0.29, 0.717) is 6.54 Å². The molecule has 0 atom stereocenters. The highest BCUT2D eigenvalue weighted by atomic mass is 16.1. The summed E-state index contributed by atoms with van der Waals surface area (Å²) in [6.07, 6.45) is 4.93. The third-order valence-electron chi connectivity index (χ3n) is 6.79. The summed E-state index contributed by atoms with van der Waals surface area (Å²) in [7, 11) is 0. The van der Waals surface area contributed by atoms with Gasteiger partial charge in [-0.15, -0.1) is 10.2 Å². The van der Waals surface area contributed by atoms with Gasteiger partial charge in [-0.25, -0.2) is 0 Å². The molecule has 7 nitrogen and oxygen atoms in total. The topological polar surface area (TPSA) is 66.3 Å². The van der Waals surface area contributed by atoms with Gasteiger partial charge in [-0.1, -0.05) is 18.6 Å². The minimum Gasteiger partial charge on any atom is -0.372 e. The predicted molar refractivity (Wildman–Crippen MR) is 123 cm³/mol. The van der Waals surface area contributed by atoms with Crippen molar-refractivity contribution in [2.45, 2.75) is 59.0 Å². The maximum absolute atomic E-state index is 12.0. The van der Waals surface area contributed by atoms with Crippen LogP contribution in [0.5, 0.6) is 0 Å². The molecule has 1 saturated carbocycles. The van der Waals surface area contributed by atoms with Crippen molar-refractivity contribution in [1.29, 1.82) is 0 Å². The molecule has 1 amide bonds. The number of amides is 1. The standard InChI is InChI=1S/C24H36N6O/c1-3-29(4-2)21-10-8-19(9-11-21)18-28-15-13-23-27-26-22(30(23)17-16-28)12-14-25-24(31)20-6-5-7-20/h8-11,20H,3-7,12-18H2,1-2H3,(H,25,31). The average molecular weight is 425 g/mol. The van der Waals surface area contributed by atoms with Crippen molar-refractivity contribution in [3.63, 3.8) is 0 Å². The lowest BCUT2D eigenvalue weighted by atomic mass is 9.85. The van der Waals surface area contributed by atoms with Gasteiger partial charge in [-0.2, -0.15) is 0 Å². The maximum atomic E-state index is 12.0. The number of aromatic nitrogens is 3. The van der Waals surface area contributed by atoms with Crippen molar-refractivity contribution >= 4 is 11.6 Å². The first-order valence-electron chi connectivity index (χ1n) is 11.9. The third kappa shape index (κ3) is 5.26. The number of hydrogen-bond donors (Lipinski definition) is 1. The van der Waals surface area contributed by atoms with Gasteiger partial charge in [0.05, 0.1) is 0 Å². The van der Waals surface area contributed by atoms with E-state index in [1.54, 1.807) is 0 Å². The van der Waals surface area contributed by atoms with E-state index >= 15 is 0 Å². The Morgan fingerprint density at radius 2 is 1.87 bits per heavy atom. The zero-order chi connectivity index (χ0) is 21.6. The maximum Gasteiger partial charge on any atom is 0.223 e. The molecule has 1 N–H and O–H groups in total. The number of nitrogens with zero attached hydrogens (tertiary/aromatic N) is 5. The molecule has 0 unspecified atom stereocenters. The van der Waals surface area contributed by atoms with E-state index < -0.39 is 0 Å². The molecule has 1 aromatic heterocycles. The lowest BCUT2D eigenvalue weighted by Gasteiger charge is -2.24. The van der Waals surface area contributed by atoms with Gasteiger partial charge in [0.15, 0.2) is 0 Å². The third-order valence-corrected chi connectivity index (χ3v) is 6.79. The van der Waals surface area contributed by atoms with E-state index in [2.05, 4.69) is 68.0 Å². The number of carbonyl (C=O) groups is 1. The van der Waals surface area contributed by atoms with E-state index in [4.69, 9.17) is 0 Å². The van der Waals surface area contributed by atoms with Gasteiger partial charge in [-0.05, 0) is 44.4 Å². The van der Waals surface area contributed by atoms with Crippen LogP contribution in [0.4, 0.5) is 5.69 Å². The number of rotatable bonds is 9. The van der Waals surface area contributed by atoms with Crippen LogP contribution in [0.2, 0.25) is 0 Å². The Morgan fingerprint density at radius 1 is 1.10 bits per heavy atom. The van der Waals surface area contributed by atoms with Crippen LogP contribution < -0.4 is 10.2 Å². The second-order valence-electron chi connectivity index (χ2n) is 8.72. The van der Waals surface area contributed by atoms with Crippen LogP contribution in [-0.2, 0) is 30.7 Å². The Balaban J connectivity index is 1.28. The summed E-state index contributed by atoms with van der Waals surface area (Å²) in [5.74, 6) is 2.51. The molecule has 0 radical (unpaired) electrons. The molecule has 1 aliphatic heterocycles. The minimum atomic E-state index is 0.208. The molecular formula is C24H36N6O. The number of nitrogens with one attached hydrogen (secondary N) is 1. The molecule has 1 aliphatic carbocycles. The summed E-state index contributed by atoms with van der Waals surface area (Å²) >= 11 is 0. The molecule has 0 bridgehead atoms. The predicted octanol–water partition coefficient (Wildman–Crippen LogP) is 2.64. The molecule has 2 aromatic rings. The molecule has 168 valence electrons. The van der Waals surface area contributed by atoms with Crippen LogP contribution in [0.3, 0.4) is 0 Å². The van der Waals surface area contributed by atoms with Gasteiger partial charge >= 0.3 is 0 Å². The highest BCUT2D eigenvalue weighted by Gasteiger charge is 2.25. The quantitative estimate of drug-likeness (QED) is 0.670. The SMILES string of the molecule is CCN(CC)c1ccc(CN2CCc3nnc(CCNC(=O)C4CCC4)n3CC2)cc1. The fraction of sp³-hybridized carbons (Fsp3) is 0.625. The number of benzene rings is 1. The smallest absolute Gasteiger partial charge is 0.223 e. The monoisotopic (exact) mass is 424 g/mol. The normalized spacial score (nSPS) is 17.0. The van der Waals surface area contributed by atoms with Gasteiger partial charge in [-0.3, -0.25) is 9.69 Å². The van der Waals surface area contributed by atoms with Crippen molar-refractivity contribution in [3.8, 4) is 0 Å². The summed E-state index contributed by atoms with van der Waals surface area (Å²) in [6, 6.07) is 9.00. The van der Waals surface area contributed by atoms with Gasteiger partial charge in [0.2, 0.25) is 5.91 Å². The molecule has 4 rings (SSSR count). The van der Waals surface area contributed by atoms with Gasteiger partial charge < -0.3 is 14.8 Å². The molecule has 0 spiro atoms. The van der Waals surface area contributed by atoms with E-state index in [1.165, 1.54) is 17.7 Å². The molecule has 0 saturated heterocycles. The summed E-state index contributed by atoms with van der Waals surface area (Å²) in [6.45, 7) is 11.0. The minimum absolute atomic E-state index is 0.208.